The van der Waals surface area contributed by atoms with E-state index in [1.165, 1.54) is 193 Å². The summed E-state index contributed by atoms with van der Waals surface area (Å²) in [5.41, 5.74) is 1.53. The molecule has 2 heteroatoms. The highest BCUT2D eigenvalue weighted by atomic mass is 16.1. The van der Waals surface area contributed by atoms with Crippen molar-refractivity contribution in [1.29, 1.82) is 0 Å². The summed E-state index contributed by atoms with van der Waals surface area (Å²) in [7, 11) is 0. The fourth-order valence-electron chi connectivity index (χ4n) is 7.15. The Morgan fingerprint density at radius 1 is 0.292 bits per heavy atom. The van der Waals surface area contributed by atoms with Gasteiger partial charge in [0.15, 0.2) is 11.6 Å². The van der Waals surface area contributed by atoms with Crippen LogP contribution in [0.25, 0.3) is 0 Å². The molecule has 2 nitrogen and oxygen atoms in total. The van der Waals surface area contributed by atoms with E-state index < -0.39 is 0 Å². The molecule has 0 aromatic heterocycles. The molecule has 1 aromatic carbocycles. The van der Waals surface area contributed by atoms with Crippen LogP contribution in [-0.2, 0) is 0 Å². The number of unbranched alkanes of at least 4 members (excludes halogenated alkanes) is 32. The lowest BCUT2D eigenvalue weighted by atomic mass is 9.99. The van der Waals surface area contributed by atoms with E-state index in [-0.39, 0.29) is 11.6 Å². The Balaban J connectivity index is 1.91. The molecule has 0 fully saturated rings. The van der Waals surface area contributed by atoms with Crippen LogP contribution >= 0.6 is 0 Å². The van der Waals surface area contributed by atoms with Crippen molar-refractivity contribution >= 4 is 11.6 Å². The maximum atomic E-state index is 12.6. The molecule has 0 atom stereocenters. The van der Waals surface area contributed by atoms with E-state index in [1.807, 2.05) is 24.3 Å². The average molecular weight is 667 g/mol. The van der Waals surface area contributed by atoms with E-state index in [4.69, 9.17) is 0 Å². The minimum absolute atomic E-state index is 0.225. The van der Waals surface area contributed by atoms with E-state index in [1.54, 1.807) is 0 Å². The Bertz CT molecular complexity index is 756. The van der Waals surface area contributed by atoms with Crippen molar-refractivity contribution in [2.75, 3.05) is 0 Å². The number of hydrogen-bond acceptors (Lipinski definition) is 2. The summed E-state index contributed by atoms with van der Waals surface area (Å²) in [6.45, 7) is 4.58. The molecule has 0 heterocycles. The van der Waals surface area contributed by atoms with Gasteiger partial charge in [0, 0.05) is 24.0 Å². The molecule has 1 rings (SSSR count). The number of Topliss-reactive ketones (excluding diaryl/α,β-unsaturated/α-hetero) is 2. The monoisotopic (exact) mass is 667 g/mol. The van der Waals surface area contributed by atoms with Gasteiger partial charge in [0.25, 0.3) is 0 Å². The fraction of sp³-hybridized carbons (Fsp3) is 0.826. The smallest absolute Gasteiger partial charge is 0.162 e. The normalized spacial score (nSPS) is 11.4. The maximum absolute atomic E-state index is 12.6. The fourth-order valence-corrected chi connectivity index (χ4v) is 7.15. The molecule has 0 saturated carbocycles. The molecule has 278 valence electrons. The molecule has 0 radical (unpaired) electrons. The number of rotatable bonds is 38. The Morgan fingerprint density at radius 2 is 0.458 bits per heavy atom. The van der Waals surface area contributed by atoms with Crippen LogP contribution < -0.4 is 0 Å². The largest absolute Gasteiger partial charge is 0.294 e. The highest BCUT2D eigenvalue weighted by molar-refractivity contribution is 5.99. The van der Waals surface area contributed by atoms with Gasteiger partial charge in [0.1, 0.15) is 0 Å². The topological polar surface area (TPSA) is 34.1 Å². The lowest BCUT2D eigenvalue weighted by Gasteiger charge is -2.05. The molecule has 0 N–H and O–H groups in total. The lowest BCUT2D eigenvalue weighted by molar-refractivity contribution is 0.0967. The van der Waals surface area contributed by atoms with Crippen LogP contribution in [0.15, 0.2) is 24.3 Å². The first-order valence-corrected chi connectivity index (χ1v) is 21.9. The van der Waals surface area contributed by atoms with Gasteiger partial charge in [-0.15, -0.1) is 0 Å². The van der Waals surface area contributed by atoms with Crippen molar-refractivity contribution in [3.63, 3.8) is 0 Å². The average Bonchev–Trinajstić information content (AvgIpc) is 3.10. The van der Waals surface area contributed by atoms with Gasteiger partial charge in [0.05, 0.1) is 0 Å². The summed E-state index contributed by atoms with van der Waals surface area (Å²) >= 11 is 0. The van der Waals surface area contributed by atoms with E-state index in [2.05, 4.69) is 13.8 Å². The molecule has 0 unspecified atom stereocenters. The van der Waals surface area contributed by atoms with Gasteiger partial charge in [-0.25, -0.2) is 0 Å². The van der Waals surface area contributed by atoms with Crippen LogP contribution in [0.3, 0.4) is 0 Å². The second kappa shape index (κ2) is 35.4. The molecule has 0 bridgehead atoms. The number of benzene rings is 1. The second-order valence-electron chi connectivity index (χ2n) is 15.2. The van der Waals surface area contributed by atoms with Crippen LogP contribution in [0, 0.1) is 0 Å². The van der Waals surface area contributed by atoms with Crippen molar-refractivity contribution in [3.8, 4) is 0 Å². The van der Waals surface area contributed by atoms with Gasteiger partial charge in [-0.3, -0.25) is 9.59 Å². The minimum atomic E-state index is 0.225. The van der Waals surface area contributed by atoms with E-state index >= 15 is 0 Å². The highest BCUT2D eigenvalue weighted by Crippen LogP contribution is 2.18. The quantitative estimate of drug-likeness (QED) is 0.0520. The first kappa shape index (κ1) is 44.6. The first-order chi connectivity index (χ1) is 23.7. The molecule has 0 aliphatic carbocycles. The zero-order valence-corrected chi connectivity index (χ0v) is 32.6. The van der Waals surface area contributed by atoms with Gasteiger partial charge < -0.3 is 0 Å². The van der Waals surface area contributed by atoms with Gasteiger partial charge >= 0.3 is 0 Å². The third kappa shape index (κ3) is 28.4. The third-order valence-corrected chi connectivity index (χ3v) is 10.5. The predicted octanol–water partition coefficient (Wildman–Crippen LogP) is 16.1. The van der Waals surface area contributed by atoms with E-state index in [9.17, 15) is 9.59 Å². The zero-order chi connectivity index (χ0) is 34.6. The highest BCUT2D eigenvalue weighted by Gasteiger charge is 2.09. The molecule has 0 spiro atoms. The summed E-state index contributed by atoms with van der Waals surface area (Å²) in [5.74, 6) is 0.450. The number of carbonyl (C=O) groups excluding carboxylic acids is 2. The first-order valence-electron chi connectivity index (χ1n) is 21.9. The second-order valence-corrected chi connectivity index (χ2v) is 15.2. The van der Waals surface area contributed by atoms with Crippen molar-refractivity contribution in [3.05, 3.63) is 35.4 Å². The zero-order valence-electron chi connectivity index (χ0n) is 32.6. The third-order valence-electron chi connectivity index (χ3n) is 10.5. The van der Waals surface area contributed by atoms with Gasteiger partial charge in [-0.2, -0.15) is 0 Å². The molecular weight excluding hydrogens is 585 g/mol. The van der Waals surface area contributed by atoms with Gasteiger partial charge in [0.2, 0.25) is 0 Å². The van der Waals surface area contributed by atoms with Crippen molar-refractivity contribution in [2.45, 2.75) is 245 Å². The van der Waals surface area contributed by atoms with Crippen molar-refractivity contribution < 1.29 is 9.59 Å². The Morgan fingerprint density at radius 3 is 0.646 bits per heavy atom. The van der Waals surface area contributed by atoms with Gasteiger partial charge in [-0.1, -0.05) is 244 Å². The molecule has 1 aromatic rings. The van der Waals surface area contributed by atoms with Crippen LogP contribution in [-0.4, -0.2) is 11.6 Å². The standard InChI is InChI=1S/C46H82O2/c1-3-5-7-9-11-13-15-17-19-21-23-25-27-29-31-33-35-37-45(47)43-39-41-44(42-40-43)46(48)38-36-34-32-30-28-26-24-22-20-18-16-14-12-10-8-6-4-2/h39-42H,3-38H2,1-2H3. The predicted molar refractivity (Wildman–Crippen MR) is 213 cm³/mol. The molecule has 0 aliphatic heterocycles. The van der Waals surface area contributed by atoms with Gasteiger partial charge in [-0.05, 0) is 12.8 Å². The molecule has 0 amide bonds. The summed E-state index contributed by atoms with van der Waals surface area (Å²) in [6, 6.07) is 7.49. The summed E-state index contributed by atoms with van der Waals surface area (Å²) in [6.07, 6.45) is 47.3. The van der Waals surface area contributed by atoms with Crippen LogP contribution in [0.4, 0.5) is 0 Å². The lowest BCUT2D eigenvalue weighted by Crippen LogP contribution is -2.02. The van der Waals surface area contributed by atoms with Crippen LogP contribution in [0.2, 0.25) is 0 Å². The summed E-state index contributed by atoms with van der Waals surface area (Å²) in [5, 5.41) is 0. The Labute approximate surface area is 300 Å². The SMILES string of the molecule is CCCCCCCCCCCCCCCCCCCC(=O)c1ccc(C(=O)CCCCCCCCCCCCCCCCCCC)cc1. The van der Waals surface area contributed by atoms with E-state index in [0.29, 0.717) is 12.8 Å². The summed E-state index contributed by atoms with van der Waals surface area (Å²) < 4.78 is 0. The Hall–Kier alpha value is -1.44. The summed E-state index contributed by atoms with van der Waals surface area (Å²) in [4.78, 5) is 25.3. The minimum Gasteiger partial charge on any atom is -0.294 e. The maximum Gasteiger partial charge on any atom is 0.162 e. The number of carbonyl (C=O) groups is 2. The molecule has 48 heavy (non-hydrogen) atoms. The van der Waals surface area contributed by atoms with Crippen molar-refractivity contribution in [2.24, 2.45) is 0 Å². The molecule has 0 saturated heterocycles. The number of hydrogen-bond donors (Lipinski definition) is 0. The molecular formula is C46H82O2. The van der Waals surface area contributed by atoms with Crippen LogP contribution in [0.1, 0.15) is 266 Å². The van der Waals surface area contributed by atoms with Crippen LogP contribution in [0.5, 0.6) is 0 Å². The number of ketones is 2. The Kier molecular flexibility index (Phi) is 32.9. The molecule has 0 aliphatic rings. The van der Waals surface area contributed by atoms with E-state index in [0.717, 1.165) is 36.8 Å². The van der Waals surface area contributed by atoms with Crippen molar-refractivity contribution in [1.82, 2.24) is 0 Å².